The maximum absolute atomic E-state index is 10.8. The fraction of sp³-hybridized carbons (Fsp3) is 0.125. The van der Waals surface area contributed by atoms with E-state index in [4.69, 9.17) is 9.66 Å². The van der Waals surface area contributed by atoms with Gasteiger partial charge in [0.1, 0.15) is 5.75 Å². The van der Waals surface area contributed by atoms with Crippen LogP contribution in [-0.2, 0) is 14.9 Å². The van der Waals surface area contributed by atoms with Gasteiger partial charge in [0.2, 0.25) is 5.91 Å². The van der Waals surface area contributed by atoms with Crippen LogP contribution in [0.3, 0.4) is 0 Å². The van der Waals surface area contributed by atoms with Crippen LogP contribution < -0.4 is 5.32 Å². The van der Waals surface area contributed by atoms with E-state index in [0.717, 1.165) is 18.2 Å². The van der Waals surface area contributed by atoms with Crippen molar-refractivity contribution in [2.24, 2.45) is 0 Å². The summed E-state index contributed by atoms with van der Waals surface area (Å²) in [4.78, 5) is 10.2. The Balaban J connectivity index is 3.23. The molecule has 1 amide bonds. The van der Waals surface area contributed by atoms with Crippen molar-refractivity contribution in [3.63, 3.8) is 0 Å². The van der Waals surface area contributed by atoms with E-state index in [1.807, 2.05) is 0 Å². The number of anilines is 1. The van der Waals surface area contributed by atoms with Crippen molar-refractivity contribution < 1.29 is 22.9 Å². The lowest BCUT2D eigenvalue weighted by Gasteiger charge is -2.04. The molecule has 15 heavy (non-hydrogen) atoms. The van der Waals surface area contributed by atoms with Crippen LogP contribution in [0.1, 0.15) is 6.92 Å². The Labute approximate surface area is 86.3 Å². The summed E-state index contributed by atoms with van der Waals surface area (Å²) in [5.41, 5.74) is 0.0927. The molecule has 1 aromatic carbocycles. The van der Waals surface area contributed by atoms with Gasteiger partial charge < -0.3 is 10.4 Å². The number of carbonyl (C=O) groups is 1. The van der Waals surface area contributed by atoms with Crippen molar-refractivity contribution in [3.8, 4) is 5.75 Å². The Morgan fingerprint density at radius 1 is 1.33 bits per heavy atom. The average Bonchev–Trinajstić information content (AvgIpc) is 1.99. The first kappa shape index (κ1) is 11.5. The molecular formula is C8H9NO5S. The molecule has 0 aromatic heterocycles. The highest BCUT2D eigenvalue weighted by atomic mass is 32.2. The smallest absolute Gasteiger partial charge is 0.294 e. The Morgan fingerprint density at radius 3 is 2.40 bits per heavy atom. The number of amides is 1. The van der Waals surface area contributed by atoms with Crippen LogP contribution in [0, 0.1) is 0 Å². The van der Waals surface area contributed by atoms with Gasteiger partial charge >= 0.3 is 0 Å². The number of rotatable bonds is 2. The van der Waals surface area contributed by atoms with Gasteiger partial charge in [0.05, 0.1) is 4.90 Å². The fourth-order valence-electron chi connectivity index (χ4n) is 1.01. The Kier molecular flexibility index (Phi) is 2.96. The van der Waals surface area contributed by atoms with Crippen LogP contribution in [0.15, 0.2) is 23.1 Å². The first-order valence-corrected chi connectivity index (χ1v) is 5.32. The molecule has 0 saturated carbocycles. The van der Waals surface area contributed by atoms with Gasteiger partial charge in [-0.05, 0) is 6.07 Å². The van der Waals surface area contributed by atoms with Crippen LogP contribution in [0.2, 0.25) is 0 Å². The van der Waals surface area contributed by atoms with Gasteiger partial charge in [0.15, 0.2) is 0 Å². The quantitative estimate of drug-likeness (QED) is 0.646. The average molecular weight is 231 g/mol. The molecule has 0 unspecified atom stereocenters. The van der Waals surface area contributed by atoms with E-state index in [-0.39, 0.29) is 11.4 Å². The van der Waals surface area contributed by atoms with E-state index in [1.54, 1.807) is 0 Å². The molecule has 0 aliphatic heterocycles. The number of nitrogens with one attached hydrogen (secondary N) is 1. The van der Waals surface area contributed by atoms with Crippen LogP contribution in [0.4, 0.5) is 5.69 Å². The third-order valence-corrected chi connectivity index (χ3v) is 2.34. The molecule has 3 N–H and O–H groups in total. The Morgan fingerprint density at radius 2 is 1.93 bits per heavy atom. The van der Waals surface area contributed by atoms with Crippen molar-refractivity contribution in [2.45, 2.75) is 11.8 Å². The van der Waals surface area contributed by atoms with Gasteiger partial charge in [-0.15, -0.1) is 0 Å². The second-order valence-corrected chi connectivity index (χ2v) is 4.29. The standard InChI is InChI=1S/C8H9NO5S/c1-5(10)9-6-2-7(11)4-8(3-6)15(12,13)14/h2-4,11H,1H3,(H,9,10)(H,12,13,14). The summed E-state index contributed by atoms with van der Waals surface area (Å²) in [5.74, 6) is -0.782. The van der Waals surface area contributed by atoms with Gasteiger partial charge in [0.25, 0.3) is 10.1 Å². The highest BCUT2D eigenvalue weighted by Crippen LogP contribution is 2.22. The fourth-order valence-corrected chi connectivity index (χ4v) is 1.55. The Hall–Kier alpha value is -1.60. The lowest BCUT2D eigenvalue weighted by atomic mass is 10.3. The summed E-state index contributed by atoms with van der Waals surface area (Å²) in [6, 6.07) is 3.08. The van der Waals surface area contributed by atoms with Crippen molar-refractivity contribution in [1.82, 2.24) is 0 Å². The molecule has 0 heterocycles. The van der Waals surface area contributed by atoms with Crippen LogP contribution in [0.25, 0.3) is 0 Å². The number of aromatic hydroxyl groups is 1. The lowest BCUT2D eigenvalue weighted by molar-refractivity contribution is -0.114. The number of hydrogen-bond donors (Lipinski definition) is 3. The second kappa shape index (κ2) is 3.87. The predicted octanol–water partition coefficient (Wildman–Crippen LogP) is 0.597. The molecule has 0 aliphatic rings. The maximum Gasteiger partial charge on any atom is 0.294 e. The second-order valence-electron chi connectivity index (χ2n) is 2.87. The lowest BCUT2D eigenvalue weighted by Crippen LogP contribution is -2.07. The molecule has 82 valence electrons. The van der Waals surface area contributed by atoms with E-state index >= 15 is 0 Å². The zero-order valence-corrected chi connectivity index (χ0v) is 8.58. The normalized spacial score (nSPS) is 11.1. The number of phenols is 1. The zero-order valence-electron chi connectivity index (χ0n) is 7.76. The minimum Gasteiger partial charge on any atom is -0.508 e. The molecule has 0 aliphatic carbocycles. The third-order valence-electron chi connectivity index (χ3n) is 1.51. The van der Waals surface area contributed by atoms with Crippen molar-refractivity contribution in [3.05, 3.63) is 18.2 Å². The molecular weight excluding hydrogens is 222 g/mol. The first-order chi connectivity index (χ1) is 6.79. The van der Waals surface area contributed by atoms with E-state index in [0.29, 0.717) is 0 Å². The molecule has 0 atom stereocenters. The molecule has 0 radical (unpaired) electrons. The first-order valence-electron chi connectivity index (χ1n) is 3.88. The molecule has 1 rings (SSSR count). The molecule has 7 heteroatoms. The minimum atomic E-state index is -4.39. The van der Waals surface area contributed by atoms with Crippen LogP contribution >= 0.6 is 0 Å². The minimum absolute atomic E-state index is 0.0927. The summed E-state index contributed by atoms with van der Waals surface area (Å²) in [6.45, 7) is 1.23. The summed E-state index contributed by atoms with van der Waals surface area (Å²) >= 11 is 0. The number of phenolic OH excluding ortho intramolecular Hbond substituents is 1. The molecule has 0 fully saturated rings. The van der Waals surface area contributed by atoms with Gasteiger partial charge in [-0.2, -0.15) is 8.42 Å². The molecule has 6 nitrogen and oxygen atoms in total. The van der Waals surface area contributed by atoms with Gasteiger partial charge in [0, 0.05) is 24.7 Å². The van der Waals surface area contributed by atoms with E-state index in [9.17, 15) is 13.2 Å². The van der Waals surface area contributed by atoms with E-state index in [2.05, 4.69) is 5.32 Å². The number of hydrogen-bond acceptors (Lipinski definition) is 4. The van der Waals surface area contributed by atoms with Gasteiger partial charge in [-0.3, -0.25) is 9.35 Å². The highest BCUT2D eigenvalue weighted by Gasteiger charge is 2.12. The highest BCUT2D eigenvalue weighted by molar-refractivity contribution is 7.85. The SMILES string of the molecule is CC(=O)Nc1cc(O)cc(S(=O)(=O)O)c1. The molecule has 1 aromatic rings. The largest absolute Gasteiger partial charge is 0.508 e. The summed E-state index contributed by atoms with van der Waals surface area (Å²) in [6.07, 6.45) is 0. The van der Waals surface area contributed by atoms with Gasteiger partial charge in [-0.1, -0.05) is 0 Å². The summed E-state index contributed by atoms with van der Waals surface area (Å²) in [5, 5.41) is 11.4. The van der Waals surface area contributed by atoms with E-state index in [1.165, 1.54) is 6.92 Å². The number of benzene rings is 1. The summed E-state index contributed by atoms with van der Waals surface area (Å²) < 4.78 is 30.2. The van der Waals surface area contributed by atoms with Crippen molar-refractivity contribution in [2.75, 3.05) is 5.32 Å². The predicted molar refractivity (Wildman–Crippen MR) is 52.2 cm³/mol. The Bertz CT molecular complexity index is 494. The molecule has 0 spiro atoms. The molecule has 0 saturated heterocycles. The summed E-state index contributed by atoms with van der Waals surface area (Å²) in [7, 11) is -4.39. The van der Waals surface area contributed by atoms with Crippen LogP contribution in [-0.4, -0.2) is 24.0 Å². The molecule has 0 bridgehead atoms. The van der Waals surface area contributed by atoms with Crippen molar-refractivity contribution in [1.29, 1.82) is 0 Å². The topological polar surface area (TPSA) is 104 Å². The number of carbonyl (C=O) groups excluding carboxylic acids is 1. The van der Waals surface area contributed by atoms with E-state index < -0.39 is 20.9 Å². The maximum atomic E-state index is 10.8. The zero-order chi connectivity index (χ0) is 11.6. The van der Waals surface area contributed by atoms with Crippen LogP contribution in [0.5, 0.6) is 5.75 Å². The van der Waals surface area contributed by atoms with Gasteiger partial charge in [-0.25, -0.2) is 0 Å². The third kappa shape index (κ3) is 3.22. The van der Waals surface area contributed by atoms with Crippen molar-refractivity contribution >= 4 is 21.7 Å². The monoisotopic (exact) mass is 231 g/mol.